The van der Waals surface area contributed by atoms with Gasteiger partial charge < -0.3 is 10.5 Å². The quantitative estimate of drug-likeness (QED) is 0.820. The molecule has 2 N–H and O–H groups in total. The summed E-state index contributed by atoms with van der Waals surface area (Å²) in [6.45, 7) is 2.94. The lowest BCUT2D eigenvalue weighted by molar-refractivity contribution is 0.390. The van der Waals surface area contributed by atoms with E-state index in [0.29, 0.717) is 0 Å². The van der Waals surface area contributed by atoms with Gasteiger partial charge in [-0.1, -0.05) is 17.7 Å². The van der Waals surface area contributed by atoms with Crippen LogP contribution in [0.25, 0.3) is 0 Å². The molecule has 1 atom stereocenters. The van der Waals surface area contributed by atoms with E-state index in [9.17, 15) is 0 Å². The zero-order chi connectivity index (χ0) is 12.3. The van der Waals surface area contributed by atoms with Gasteiger partial charge in [-0.05, 0) is 62.6 Å². The van der Waals surface area contributed by atoms with Gasteiger partial charge in [0.05, 0.1) is 7.11 Å². The Morgan fingerprint density at radius 2 is 2.18 bits per heavy atom. The van der Waals surface area contributed by atoms with Crippen molar-refractivity contribution in [1.82, 2.24) is 0 Å². The van der Waals surface area contributed by atoms with Crippen molar-refractivity contribution >= 4 is 0 Å². The molecule has 1 aliphatic rings. The summed E-state index contributed by atoms with van der Waals surface area (Å²) >= 11 is 0. The third-order valence-electron chi connectivity index (χ3n) is 3.74. The highest BCUT2D eigenvalue weighted by Gasteiger charge is 2.31. The summed E-state index contributed by atoms with van der Waals surface area (Å²) in [5, 5.41) is 0. The van der Waals surface area contributed by atoms with Gasteiger partial charge in [-0.3, -0.25) is 0 Å². The first kappa shape index (κ1) is 12.4. The van der Waals surface area contributed by atoms with Crippen LogP contribution in [0.15, 0.2) is 18.2 Å². The molecule has 0 bridgehead atoms. The molecule has 0 spiro atoms. The van der Waals surface area contributed by atoms with Crippen LogP contribution in [0.2, 0.25) is 0 Å². The Kier molecular flexibility index (Phi) is 4.06. The summed E-state index contributed by atoms with van der Waals surface area (Å²) in [5.41, 5.74) is 8.37. The van der Waals surface area contributed by atoms with Crippen molar-refractivity contribution in [3.05, 3.63) is 29.3 Å². The first-order valence-electron chi connectivity index (χ1n) is 6.58. The molecule has 0 amide bonds. The zero-order valence-electron chi connectivity index (χ0n) is 10.9. The van der Waals surface area contributed by atoms with Crippen LogP contribution in [0.4, 0.5) is 0 Å². The molecule has 1 unspecified atom stereocenters. The molecule has 1 aromatic rings. The van der Waals surface area contributed by atoms with Crippen molar-refractivity contribution in [2.24, 2.45) is 17.6 Å². The van der Waals surface area contributed by atoms with Gasteiger partial charge >= 0.3 is 0 Å². The highest BCUT2D eigenvalue weighted by atomic mass is 16.5. The number of hydrogen-bond acceptors (Lipinski definition) is 2. The van der Waals surface area contributed by atoms with Crippen molar-refractivity contribution in [2.45, 2.75) is 32.6 Å². The first-order chi connectivity index (χ1) is 8.24. The highest BCUT2D eigenvalue weighted by Crippen LogP contribution is 2.41. The lowest BCUT2D eigenvalue weighted by atomic mass is 9.91. The average Bonchev–Trinajstić information content (AvgIpc) is 3.13. The van der Waals surface area contributed by atoms with Crippen molar-refractivity contribution in [1.29, 1.82) is 0 Å². The summed E-state index contributed by atoms with van der Waals surface area (Å²) in [7, 11) is 1.75. The SMILES string of the molecule is COc1ccc(C)cc1CC(CCN)C1CC1. The highest BCUT2D eigenvalue weighted by molar-refractivity contribution is 5.37. The maximum atomic E-state index is 5.72. The van der Waals surface area contributed by atoms with Gasteiger partial charge in [-0.2, -0.15) is 0 Å². The largest absolute Gasteiger partial charge is 0.496 e. The second kappa shape index (κ2) is 5.54. The second-order valence-corrected chi connectivity index (χ2v) is 5.19. The molecule has 2 rings (SSSR count). The molecule has 0 radical (unpaired) electrons. The number of ether oxygens (including phenoxy) is 1. The van der Waals surface area contributed by atoms with E-state index in [-0.39, 0.29) is 0 Å². The number of benzene rings is 1. The number of aryl methyl sites for hydroxylation is 1. The van der Waals surface area contributed by atoms with Crippen LogP contribution in [-0.2, 0) is 6.42 Å². The van der Waals surface area contributed by atoms with E-state index in [2.05, 4.69) is 25.1 Å². The minimum absolute atomic E-state index is 0.746. The van der Waals surface area contributed by atoms with Crippen LogP contribution in [0.3, 0.4) is 0 Å². The normalized spacial score (nSPS) is 16.9. The summed E-state index contributed by atoms with van der Waals surface area (Å²) in [6.07, 6.45) is 5.03. The molecule has 0 heterocycles. The third-order valence-corrected chi connectivity index (χ3v) is 3.74. The Hall–Kier alpha value is -1.02. The van der Waals surface area contributed by atoms with Crippen LogP contribution in [0.5, 0.6) is 5.75 Å². The van der Waals surface area contributed by atoms with Gasteiger partial charge in [0, 0.05) is 0 Å². The maximum absolute atomic E-state index is 5.72. The first-order valence-corrected chi connectivity index (χ1v) is 6.58. The van der Waals surface area contributed by atoms with E-state index in [1.165, 1.54) is 24.0 Å². The molecule has 1 aromatic carbocycles. The zero-order valence-corrected chi connectivity index (χ0v) is 10.9. The van der Waals surface area contributed by atoms with Gasteiger partial charge in [0.2, 0.25) is 0 Å². The van der Waals surface area contributed by atoms with Crippen LogP contribution in [0.1, 0.15) is 30.4 Å². The molecule has 2 nitrogen and oxygen atoms in total. The molecule has 0 aliphatic heterocycles. The van der Waals surface area contributed by atoms with E-state index in [1.807, 2.05) is 0 Å². The van der Waals surface area contributed by atoms with E-state index in [4.69, 9.17) is 10.5 Å². The maximum Gasteiger partial charge on any atom is 0.122 e. The van der Waals surface area contributed by atoms with Gasteiger partial charge in [-0.25, -0.2) is 0 Å². The number of methoxy groups -OCH3 is 1. The molecule has 94 valence electrons. The van der Waals surface area contributed by atoms with E-state index in [1.54, 1.807) is 7.11 Å². The van der Waals surface area contributed by atoms with E-state index < -0.39 is 0 Å². The van der Waals surface area contributed by atoms with Crippen LogP contribution in [0, 0.1) is 18.8 Å². The number of rotatable bonds is 6. The summed E-state index contributed by atoms with van der Waals surface area (Å²) < 4.78 is 5.45. The molecular formula is C15H23NO. The standard InChI is InChI=1S/C15H23NO/c1-11-3-6-15(17-2)14(9-11)10-13(7-8-16)12-4-5-12/h3,6,9,12-13H,4-5,7-8,10,16H2,1-2H3. The molecule has 17 heavy (non-hydrogen) atoms. The molecule has 1 aliphatic carbocycles. The Labute approximate surface area is 104 Å². The minimum atomic E-state index is 0.746. The van der Waals surface area contributed by atoms with Gasteiger partial charge in [0.15, 0.2) is 0 Å². The molecule has 0 saturated heterocycles. The van der Waals surface area contributed by atoms with Gasteiger partial charge in [-0.15, -0.1) is 0 Å². The molecule has 1 fully saturated rings. The Morgan fingerprint density at radius 3 is 2.76 bits per heavy atom. The minimum Gasteiger partial charge on any atom is -0.496 e. The summed E-state index contributed by atoms with van der Waals surface area (Å²) in [5.74, 6) is 2.68. The van der Waals surface area contributed by atoms with Gasteiger partial charge in [0.25, 0.3) is 0 Å². The van der Waals surface area contributed by atoms with Crippen molar-refractivity contribution in [3.63, 3.8) is 0 Å². The monoisotopic (exact) mass is 233 g/mol. The van der Waals surface area contributed by atoms with Crippen LogP contribution in [-0.4, -0.2) is 13.7 Å². The topological polar surface area (TPSA) is 35.2 Å². The fraction of sp³-hybridized carbons (Fsp3) is 0.600. The van der Waals surface area contributed by atoms with Crippen molar-refractivity contribution < 1.29 is 4.74 Å². The summed E-state index contributed by atoms with van der Waals surface area (Å²) in [6, 6.07) is 6.44. The molecular weight excluding hydrogens is 210 g/mol. The van der Waals surface area contributed by atoms with Crippen molar-refractivity contribution in [3.8, 4) is 5.75 Å². The van der Waals surface area contributed by atoms with E-state index in [0.717, 1.165) is 37.0 Å². The fourth-order valence-electron chi connectivity index (χ4n) is 2.64. The Morgan fingerprint density at radius 1 is 1.41 bits per heavy atom. The van der Waals surface area contributed by atoms with Gasteiger partial charge in [0.1, 0.15) is 5.75 Å². The summed E-state index contributed by atoms with van der Waals surface area (Å²) in [4.78, 5) is 0. The number of hydrogen-bond donors (Lipinski definition) is 1. The molecule has 1 saturated carbocycles. The lowest BCUT2D eigenvalue weighted by Gasteiger charge is -2.17. The second-order valence-electron chi connectivity index (χ2n) is 5.19. The average molecular weight is 233 g/mol. The molecule has 0 aromatic heterocycles. The fourth-order valence-corrected chi connectivity index (χ4v) is 2.64. The predicted molar refractivity (Wildman–Crippen MR) is 71.3 cm³/mol. The number of nitrogens with two attached hydrogens (primary N) is 1. The Bertz CT molecular complexity index is 371. The Balaban J connectivity index is 2.11. The van der Waals surface area contributed by atoms with Crippen LogP contribution < -0.4 is 10.5 Å². The van der Waals surface area contributed by atoms with E-state index >= 15 is 0 Å². The smallest absolute Gasteiger partial charge is 0.122 e. The third kappa shape index (κ3) is 3.22. The molecule has 2 heteroatoms. The predicted octanol–water partition coefficient (Wildman–Crippen LogP) is 2.92. The van der Waals surface area contributed by atoms with Crippen LogP contribution >= 0.6 is 0 Å². The lowest BCUT2D eigenvalue weighted by Crippen LogP contribution is -2.13. The van der Waals surface area contributed by atoms with Crippen molar-refractivity contribution in [2.75, 3.05) is 13.7 Å².